The van der Waals surface area contributed by atoms with E-state index in [2.05, 4.69) is 4.98 Å². The van der Waals surface area contributed by atoms with Gasteiger partial charge in [0, 0.05) is 35.7 Å². The molecule has 0 aliphatic heterocycles. The number of hydrogen-bond donors (Lipinski definition) is 0. The van der Waals surface area contributed by atoms with Gasteiger partial charge in [-0.25, -0.2) is 9.37 Å². The minimum atomic E-state index is -4.49. The molecule has 0 unspecified atom stereocenters. The average Bonchev–Trinajstić information content (AvgIpc) is 3.30. The highest BCUT2D eigenvalue weighted by atomic mass is 19.4. The number of benzene rings is 2. The van der Waals surface area contributed by atoms with E-state index in [1.807, 2.05) is 45.8 Å². The average molecular weight is 583 g/mol. The number of rotatable bonds is 6. The van der Waals surface area contributed by atoms with Crippen molar-refractivity contribution < 1.29 is 31.8 Å². The van der Waals surface area contributed by atoms with Crippen LogP contribution in [0.15, 0.2) is 48.7 Å². The Morgan fingerprint density at radius 2 is 1.76 bits per heavy atom. The summed E-state index contributed by atoms with van der Waals surface area (Å²) in [4.78, 5) is 18.9. The first-order valence-electron chi connectivity index (χ1n) is 14.2. The van der Waals surface area contributed by atoms with Gasteiger partial charge in [-0.2, -0.15) is 13.2 Å². The number of esters is 1. The van der Waals surface area contributed by atoms with Crippen LogP contribution in [-0.4, -0.2) is 35.5 Å². The van der Waals surface area contributed by atoms with Gasteiger partial charge < -0.3 is 14.4 Å². The van der Waals surface area contributed by atoms with Crippen LogP contribution in [0.2, 0.25) is 0 Å². The lowest BCUT2D eigenvalue weighted by Gasteiger charge is -2.21. The third kappa shape index (κ3) is 5.16. The molecule has 0 spiro atoms. The number of pyridine rings is 1. The topological polar surface area (TPSA) is 51.7 Å². The molecule has 1 aromatic heterocycles. The standard InChI is InChI=1S/C33H34F4N2O3/c1-32(2,3)42-31(40)30-23-10-17-12-28(38-15-24(17)29(23)30)41-16-18-11-20-21(14-27(39(4)5)22(20)13-26(18)34)19-8-6-7-9-25(19)33(35,36)37/h6-9,11-13,15,21,23,27,29-30H,10,14,16H2,1-5H3/t21-,23+,27+,29+,30-/m0/s1. The summed E-state index contributed by atoms with van der Waals surface area (Å²) in [5.74, 6) is -0.682. The number of carbonyl (C=O) groups is 1. The smallest absolute Gasteiger partial charge is 0.416 e. The molecule has 3 aromatic rings. The zero-order valence-corrected chi connectivity index (χ0v) is 24.3. The molecule has 3 aliphatic rings. The third-order valence-electron chi connectivity index (χ3n) is 8.75. The molecule has 5 nitrogen and oxygen atoms in total. The van der Waals surface area contributed by atoms with Gasteiger partial charge in [0.1, 0.15) is 18.0 Å². The summed E-state index contributed by atoms with van der Waals surface area (Å²) in [6, 6.07) is 10.3. The quantitative estimate of drug-likeness (QED) is 0.228. The maximum Gasteiger partial charge on any atom is 0.416 e. The van der Waals surface area contributed by atoms with E-state index in [1.165, 1.54) is 18.2 Å². The number of fused-ring (bicyclic) bond motifs is 4. The Morgan fingerprint density at radius 1 is 1.02 bits per heavy atom. The van der Waals surface area contributed by atoms with Crippen LogP contribution in [-0.2, 0) is 28.7 Å². The number of carbonyl (C=O) groups excluding carboxylic acids is 1. The first-order valence-corrected chi connectivity index (χ1v) is 14.2. The molecular formula is C33H34F4N2O3. The van der Waals surface area contributed by atoms with Gasteiger partial charge in [0.25, 0.3) is 0 Å². The first-order chi connectivity index (χ1) is 19.7. The van der Waals surface area contributed by atoms with E-state index in [0.717, 1.165) is 23.6 Å². The molecule has 1 fully saturated rings. The van der Waals surface area contributed by atoms with Gasteiger partial charge in [-0.1, -0.05) is 18.2 Å². The molecule has 222 valence electrons. The van der Waals surface area contributed by atoms with Crippen molar-refractivity contribution in [1.29, 1.82) is 0 Å². The predicted octanol–water partition coefficient (Wildman–Crippen LogP) is 7.18. The molecule has 5 atom stereocenters. The first kappa shape index (κ1) is 28.6. The second kappa shape index (κ2) is 10.1. The van der Waals surface area contributed by atoms with Crippen molar-refractivity contribution in [3.8, 4) is 5.88 Å². The molecular weight excluding hydrogens is 548 g/mol. The number of hydrogen-bond acceptors (Lipinski definition) is 5. The summed E-state index contributed by atoms with van der Waals surface area (Å²) in [6.45, 7) is 5.45. The zero-order valence-electron chi connectivity index (χ0n) is 24.3. The molecule has 0 saturated heterocycles. The maximum absolute atomic E-state index is 15.4. The van der Waals surface area contributed by atoms with Gasteiger partial charge in [0.2, 0.25) is 5.88 Å². The minimum Gasteiger partial charge on any atom is -0.473 e. The molecule has 0 amide bonds. The molecule has 42 heavy (non-hydrogen) atoms. The lowest BCUT2D eigenvalue weighted by Crippen LogP contribution is -2.26. The lowest BCUT2D eigenvalue weighted by molar-refractivity contribution is -0.157. The molecule has 0 N–H and O–H groups in total. The Labute approximate surface area is 242 Å². The Balaban J connectivity index is 1.22. The van der Waals surface area contributed by atoms with Crippen molar-refractivity contribution >= 4 is 5.97 Å². The van der Waals surface area contributed by atoms with E-state index in [4.69, 9.17) is 9.47 Å². The monoisotopic (exact) mass is 582 g/mol. The Bertz CT molecular complexity index is 1550. The Morgan fingerprint density at radius 3 is 2.45 bits per heavy atom. The molecule has 2 aromatic carbocycles. The van der Waals surface area contributed by atoms with E-state index in [1.54, 1.807) is 18.3 Å². The van der Waals surface area contributed by atoms with Crippen molar-refractivity contribution in [1.82, 2.24) is 9.88 Å². The summed E-state index contributed by atoms with van der Waals surface area (Å²) >= 11 is 0. The SMILES string of the molecule is CN(C)[C@@H]1C[C@@H](c2ccccc2C(F)(F)F)c2cc(COc3cc4c(cn3)[C@H]3[C@@H](C4)[C@@H]3C(=O)OC(C)(C)C)c(F)cc21. The fourth-order valence-corrected chi connectivity index (χ4v) is 6.86. The summed E-state index contributed by atoms with van der Waals surface area (Å²) in [7, 11) is 3.70. The van der Waals surface area contributed by atoms with Crippen molar-refractivity contribution in [3.05, 3.63) is 93.4 Å². The Kier molecular flexibility index (Phi) is 6.87. The maximum atomic E-state index is 15.4. The fourth-order valence-electron chi connectivity index (χ4n) is 6.86. The van der Waals surface area contributed by atoms with Crippen LogP contribution < -0.4 is 4.74 Å². The van der Waals surface area contributed by atoms with Crippen LogP contribution >= 0.6 is 0 Å². The molecule has 1 heterocycles. The van der Waals surface area contributed by atoms with Gasteiger partial charge in [-0.3, -0.25) is 4.79 Å². The summed E-state index contributed by atoms with van der Waals surface area (Å²) in [5, 5.41) is 0. The van der Waals surface area contributed by atoms with Gasteiger partial charge >= 0.3 is 12.1 Å². The lowest BCUT2D eigenvalue weighted by atomic mass is 9.88. The number of ether oxygens (including phenoxy) is 2. The van der Waals surface area contributed by atoms with Gasteiger partial charge in [0.05, 0.1) is 11.5 Å². The van der Waals surface area contributed by atoms with Crippen molar-refractivity contribution in [2.75, 3.05) is 14.1 Å². The van der Waals surface area contributed by atoms with Gasteiger partial charge in [-0.05, 0) is 99.6 Å². The highest BCUT2D eigenvalue weighted by molar-refractivity contribution is 5.80. The van der Waals surface area contributed by atoms with E-state index in [-0.39, 0.29) is 47.5 Å². The van der Waals surface area contributed by atoms with E-state index >= 15 is 4.39 Å². The Hall–Kier alpha value is -3.46. The van der Waals surface area contributed by atoms with E-state index < -0.39 is 29.1 Å². The highest BCUT2D eigenvalue weighted by Crippen LogP contribution is 2.62. The van der Waals surface area contributed by atoms with Crippen LogP contribution in [0.3, 0.4) is 0 Å². The fraction of sp³-hybridized carbons (Fsp3) is 0.455. The van der Waals surface area contributed by atoms with Crippen LogP contribution in [0.4, 0.5) is 17.6 Å². The summed E-state index contributed by atoms with van der Waals surface area (Å²) in [5.41, 5.74) is 2.70. The van der Waals surface area contributed by atoms with E-state index in [0.29, 0.717) is 23.4 Å². The highest BCUT2D eigenvalue weighted by Gasteiger charge is 2.61. The van der Waals surface area contributed by atoms with Crippen molar-refractivity contribution in [2.24, 2.45) is 11.8 Å². The molecule has 6 rings (SSSR count). The minimum absolute atomic E-state index is 0.103. The number of alkyl halides is 3. The molecule has 3 aliphatic carbocycles. The van der Waals surface area contributed by atoms with Crippen LogP contribution in [0.25, 0.3) is 0 Å². The number of nitrogens with zero attached hydrogens (tertiary/aromatic N) is 2. The second-order valence-corrected chi connectivity index (χ2v) is 12.9. The van der Waals surface area contributed by atoms with Crippen molar-refractivity contribution in [2.45, 2.75) is 69.9 Å². The molecule has 9 heteroatoms. The number of aromatic nitrogens is 1. The summed E-state index contributed by atoms with van der Waals surface area (Å²) < 4.78 is 68.6. The normalized spacial score (nSPS) is 24.3. The molecule has 1 saturated carbocycles. The van der Waals surface area contributed by atoms with Crippen molar-refractivity contribution in [3.63, 3.8) is 0 Å². The predicted molar refractivity (Wildman–Crippen MR) is 149 cm³/mol. The van der Waals surface area contributed by atoms with Gasteiger partial charge in [0.15, 0.2) is 0 Å². The molecule has 0 radical (unpaired) electrons. The van der Waals surface area contributed by atoms with Crippen LogP contribution in [0, 0.1) is 17.7 Å². The van der Waals surface area contributed by atoms with Gasteiger partial charge in [-0.15, -0.1) is 0 Å². The third-order valence-corrected chi connectivity index (χ3v) is 8.75. The summed E-state index contributed by atoms with van der Waals surface area (Å²) in [6.07, 6.45) is -1.63. The van der Waals surface area contributed by atoms with Crippen LogP contribution in [0.5, 0.6) is 5.88 Å². The zero-order chi connectivity index (χ0) is 30.1. The van der Waals surface area contributed by atoms with E-state index in [9.17, 15) is 18.0 Å². The number of halogens is 4. The van der Waals surface area contributed by atoms with Crippen LogP contribution in [0.1, 0.15) is 84.0 Å². The second-order valence-electron chi connectivity index (χ2n) is 12.9. The largest absolute Gasteiger partial charge is 0.473 e. The molecule has 0 bridgehead atoms.